The topological polar surface area (TPSA) is 83.9 Å². The largest absolute Gasteiger partial charge is 0.477 e. The highest BCUT2D eigenvalue weighted by Gasteiger charge is 2.33. The minimum atomic E-state index is -3.64. The lowest BCUT2D eigenvalue weighted by Gasteiger charge is -2.33. The maximum absolute atomic E-state index is 12.5. The molecule has 1 aromatic heterocycles. The van der Waals surface area contributed by atoms with Crippen LogP contribution in [0.25, 0.3) is 0 Å². The number of thiophene rings is 1. The van der Waals surface area contributed by atoms with E-state index >= 15 is 0 Å². The Morgan fingerprint density at radius 3 is 2.95 bits per heavy atom. The third kappa shape index (κ3) is 2.81. The summed E-state index contributed by atoms with van der Waals surface area (Å²) in [6.45, 7) is 2.95. The number of carbonyl (C=O) groups is 1. The molecule has 1 aliphatic heterocycles. The van der Waals surface area contributed by atoms with Crippen molar-refractivity contribution in [3.05, 3.63) is 16.3 Å². The fourth-order valence-corrected chi connectivity index (χ4v) is 4.75. The van der Waals surface area contributed by atoms with Crippen LogP contribution in [0.2, 0.25) is 0 Å². The van der Waals surface area contributed by atoms with Crippen LogP contribution in [0.1, 0.15) is 23.0 Å². The summed E-state index contributed by atoms with van der Waals surface area (Å²) in [7, 11) is -3.64. The van der Waals surface area contributed by atoms with Crippen LogP contribution >= 0.6 is 11.3 Å². The summed E-state index contributed by atoms with van der Waals surface area (Å²) in [5, 5.41) is 10.2. The van der Waals surface area contributed by atoms with Gasteiger partial charge >= 0.3 is 5.97 Å². The summed E-state index contributed by atoms with van der Waals surface area (Å²) in [5.74, 6) is -1.11. The summed E-state index contributed by atoms with van der Waals surface area (Å²) in [4.78, 5) is 10.9. The minimum Gasteiger partial charge on any atom is -0.477 e. The van der Waals surface area contributed by atoms with E-state index in [1.54, 1.807) is 0 Å². The summed E-state index contributed by atoms with van der Waals surface area (Å²) in [6, 6.07) is 1.02. The van der Waals surface area contributed by atoms with Crippen molar-refractivity contribution in [1.29, 1.82) is 0 Å². The van der Waals surface area contributed by atoms with Gasteiger partial charge in [0.1, 0.15) is 4.88 Å². The molecule has 0 spiro atoms. The highest BCUT2D eigenvalue weighted by molar-refractivity contribution is 7.89. The number of carboxylic acids is 1. The highest BCUT2D eigenvalue weighted by atomic mass is 32.2. The summed E-state index contributed by atoms with van der Waals surface area (Å²) in [6.07, 6.45) is 0.662. The van der Waals surface area contributed by atoms with Crippen molar-refractivity contribution in [2.45, 2.75) is 24.3 Å². The van der Waals surface area contributed by atoms with Crippen LogP contribution in [0.15, 0.2) is 16.3 Å². The number of aromatic carboxylic acids is 1. The van der Waals surface area contributed by atoms with E-state index in [-0.39, 0.29) is 15.8 Å². The zero-order chi connectivity index (χ0) is 14.0. The smallest absolute Gasteiger partial charge is 0.345 e. The van der Waals surface area contributed by atoms with E-state index in [0.29, 0.717) is 26.2 Å². The molecule has 1 fully saturated rings. The van der Waals surface area contributed by atoms with Crippen LogP contribution in [0.4, 0.5) is 0 Å². The van der Waals surface area contributed by atoms with Crippen molar-refractivity contribution >= 4 is 27.3 Å². The Bertz CT molecular complexity index is 565. The number of hydrogen-bond donors (Lipinski definition) is 1. The van der Waals surface area contributed by atoms with Crippen LogP contribution in [-0.2, 0) is 14.8 Å². The van der Waals surface area contributed by atoms with E-state index in [4.69, 9.17) is 9.84 Å². The molecule has 0 bridgehead atoms. The molecule has 106 valence electrons. The second-order valence-corrected chi connectivity index (χ2v) is 7.01. The molecule has 1 atom stereocenters. The van der Waals surface area contributed by atoms with Crippen molar-refractivity contribution in [3.8, 4) is 0 Å². The van der Waals surface area contributed by atoms with Gasteiger partial charge in [-0.05, 0) is 12.5 Å². The molecule has 1 unspecified atom stereocenters. The molecule has 8 heteroatoms. The maximum Gasteiger partial charge on any atom is 0.345 e. The third-order valence-corrected chi connectivity index (χ3v) is 6.03. The number of morpholine rings is 1. The SMILES string of the molecule is CCC1COCCN1S(=O)(=O)c1csc(C(=O)O)c1. The van der Waals surface area contributed by atoms with Gasteiger partial charge in [0.2, 0.25) is 10.0 Å². The van der Waals surface area contributed by atoms with Crippen molar-refractivity contribution in [1.82, 2.24) is 4.31 Å². The average molecular weight is 305 g/mol. The molecule has 1 saturated heterocycles. The first-order chi connectivity index (χ1) is 8.96. The Labute approximate surface area is 115 Å². The summed E-state index contributed by atoms with van der Waals surface area (Å²) < 4.78 is 31.6. The number of carboxylic acid groups (broad SMARTS) is 1. The first-order valence-electron chi connectivity index (χ1n) is 5.88. The molecule has 1 N–H and O–H groups in total. The molecule has 1 aliphatic rings. The van der Waals surface area contributed by atoms with E-state index in [1.807, 2.05) is 6.92 Å². The van der Waals surface area contributed by atoms with Crippen molar-refractivity contribution < 1.29 is 23.1 Å². The molecule has 2 rings (SSSR count). The summed E-state index contributed by atoms with van der Waals surface area (Å²) >= 11 is 0.921. The molecule has 19 heavy (non-hydrogen) atoms. The number of sulfonamides is 1. The van der Waals surface area contributed by atoms with Crippen molar-refractivity contribution in [2.24, 2.45) is 0 Å². The Hall–Kier alpha value is -0.960. The number of ether oxygens (including phenoxy) is 1. The van der Waals surface area contributed by atoms with Crippen LogP contribution in [-0.4, -0.2) is 49.6 Å². The van der Waals surface area contributed by atoms with Crippen LogP contribution in [0.3, 0.4) is 0 Å². The minimum absolute atomic E-state index is 0.0277. The monoisotopic (exact) mass is 305 g/mol. The maximum atomic E-state index is 12.5. The molecule has 0 amide bonds. The normalized spacial score (nSPS) is 21.4. The predicted molar refractivity (Wildman–Crippen MR) is 70.1 cm³/mol. The Kier molecular flexibility index (Phi) is 4.24. The van der Waals surface area contributed by atoms with E-state index in [1.165, 1.54) is 15.8 Å². The van der Waals surface area contributed by atoms with Crippen molar-refractivity contribution in [3.63, 3.8) is 0 Å². The van der Waals surface area contributed by atoms with Crippen LogP contribution < -0.4 is 0 Å². The fourth-order valence-electron chi connectivity index (χ4n) is 1.98. The first kappa shape index (κ1) is 14.4. The van der Waals surface area contributed by atoms with Gasteiger partial charge < -0.3 is 9.84 Å². The van der Waals surface area contributed by atoms with Gasteiger partial charge in [-0.2, -0.15) is 4.31 Å². The van der Waals surface area contributed by atoms with Gasteiger partial charge in [0.15, 0.2) is 0 Å². The molecule has 0 saturated carbocycles. The fraction of sp³-hybridized carbons (Fsp3) is 0.545. The zero-order valence-corrected chi connectivity index (χ0v) is 12.0. The van der Waals surface area contributed by atoms with Gasteiger partial charge in [0.25, 0.3) is 0 Å². The van der Waals surface area contributed by atoms with Gasteiger partial charge in [-0.25, -0.2) is 13.2 Å². The second-order valence-electron chi connectivity index (χ2n) is 4.20. The standard InChI is InChI=1S/C11H15NO5S2/c1-2-8-6-17-4-3-12(8)19(15,16)9-5-10(11(13)14)18-7-9/h5,7-8H,2-4,6H2,1H3,(H,13,14). The molecule has 2 heterocycles. The molecular weight excluding hydrogens is 290 g/mol. The molecule has 6 nitrogen and oxygen atoms in total. The molecule has 0 aliphatic carbocycles. The van der Waals surface area contributed by atoms with Gasteiger partial charge in [-0.3, -0.25) is 0 Å². The first-order valence-corrected chi connectivity index (χ1v) is 8.20. The van der Waals surface area contributed by atoms with E-state index in [9.17, 15) is 13.2 Å². The van der Waals surface area contributed by atoms with E-state index in [2.05, 4.69) is 0 Å². The summed E-state index contributed by atoms with van der Waals surface area (Å²) in [5.41, 5.74) is 0. The second kappa shape index (κ2) is 5.58. The number of hydrogen-bond acceptors (Lipinski definition) is 5. The highest BCUT2D eigenvalue weighted by Crippen LogP contribution is 2.26. The Morgan fingerprint density at radius 2 is 2.37 bits per heavy atom. The lowest BCUT2D eigenvalue weighted by molar-refractivity contribution is 0.0314. The van der Waals surface area contributed by atoms with Gasteiger partial charge in [0, 0.05) is 18.0 Å². The molecule has 0 radical (unpaired) electrons. The van der Waals surface area contributed by atoms with E-state index < -0.39 is 16.0 Å². The third-order valence-electron chi connectivity index (χ3n) is 3.04. The van der Waals surface area contributed by atoms with Crippen LogP contribution in [0.5, 0.6) is 0 Å². The molecule has 1 aromatic rings. The van der Waals surface area contributed by atoms with Gasteiger partial charge in [0.05, 0.1) is 18.1 Å². The molecule has 0 aromatic carbocycles. The van der Waals surface area contributed by atoms with Crippen LogP contribution in [0, 0.1) is 0 Å². The molecular formula is C11H15NO5S2. The average Bonchev–Trinajstić information content (AvgIpc) is 2.89. The lowest BCUT2D eigenvalue weighted by atomic mass is 10.2. The Balaban J connectivity index is 2.32. The number of rotatable bonds is 4. The van der Waals surface area contributed by atoms with E-state index in [0.717, 1.165) is 11.3 Å². The number of nitrogens with zero attached hydrogens (tertiary/aromatic N) is 1. The predicted octanol–water partition coefficient (Wildman–Crippen LogP) is 1.25. The lowest BCUT2D eigenvalue weighted by Crippen LogP contribution is -2.48. The van der Waals surface area contributed by atoms with Gasteiger partial charge in [-0.15, -0.1) is 11.3 Å². The van der Waals surface area contributed by atoms with Crippen molar-refractivity contribution in [2.75, 3.05) is 19.8 Å². The quantitative estimate of drug-likeness (QED) is 0.905. The zero-order valence-electron chi connectivity index (χ0n) is 10.4. The van der Waals surface area contributed by atoms with Gasteiger partial charge in [-0.1, -0.05) is 6.92 Å². The Morgan fingerprint density at radius 1 is 1.63 bits per heavy atom.